The molecule has 2 aliphatic rings. The molecule has 0 aromatic carbocycles. The number of carbonyl (C=O) groups is 1. The standard InChI is InChI=1S/C11H19N3O/c1-2-14-10(15)13-9(12)11(14)7-5-3-4-6-8-11/h2-8H2,1H3,(H2,12,13,15). The van der Waals surface area contributed by atoms with E-state index in [4.69, 9.17) is 5.41 Å². The van der Waals surface area contributed by atoms with E-state index in [-0.39, 0.29) is 11.6 Å². The summed E-state index contributed by atoms with van der Waals surface area (Å²) < 4.78 is 0. The van der Waals surface area contributed by atoms with E-state index in [2.05, 4.69) is 5.32 Å². The number of amidine groups is 1. The predicted octanol–water partition coefficient (Wildman–Crippen LogP) is 2.10. The smallest absolute Gasteiger partial charge is 0.312 e. The van der Waals surface area contributed by atoms with Crippen LogP contribution in [0.2, 0.25) is 0 Å². The fourth-order valence-electron chi connectivity index (χ4n) is 2.90. The minimum Gasteiger partial charge on any atom is -0.312 e. The average Bonchev–Trinajstić information content (AvgIpc) is 2.42. The van der Waals surface area contributed by atoms with Crippen molar-refractivity contribution in [1.82, 2.24) is 10.2 Å². The zero-order valence-corrected chi connectivity index (χ0v) is 9.31. The molecule has 4 heteroatoms. The molecule has 4 nitrogen and oxygen atoms in total. The molecular weight excluding hydrogens is 190 g/mol. The molecule has 0 aromatic rings. The van der Waals surface area contributed by atoms with Gasteiger partial charge in [-0.3, -0.25) is 10.7 Å². The van der Waals surface area contributed by atoms with E-state index in [0.29, 0.717) is 12.4 Å². The molecule has 1 saturated carbocycles. The Balaban J connectivity index is 2.28. The first-order valence-electron chi connectivity index (χ1n) is 5.88. The zero-order valence-electron chi connectivity index (χ0n) is 9.31. The van der Waals surface area contributed by atoms with E-state index in [1.807, 2.05) is 11.8 Å². The molecule has 2 fully saturated rings. The number of hydrogen-bond donors (Lipinski definition) is 2. The van der Waals surface area contributed by atoms with Crippen molar-refractivity contribution < 1.29 is 4.79 Å². The first kappa shape index (κ1) is 10.5. The van der Waals surface area contributed by atoms with Crippen molar-refractivity contribution in [1.29, 1.82) is 5.41 Å². The van der Waals surface area contributed by atoms with E-state index in [1.54, 1.807) is 0 Å². The summed E-state index contributed by atoms with van der Waals surface area (Å²) in [7, 11) is 0. The number of carbonyl (C=O) groups excluding carboxylic acids is 1. The van der Waals surface area contributed by atoms with Crippen LogP contribution in [-0.2, 0) is 0 Å². The lowest BCUT2D eigenvalue weighted by Crippen LogP contribution is -2.48. The fourth-order valence-corrected chi connectivity index (χ4v) is 2.90. The monoisotopic (exact) mass is 209 g/mol. The Kier molecular flexibility index (Phi) is 2.67. The Hall–Kier alpha value is -1.06. The van der Waals surface area contributed by atoms with E-state index in [0.717, 1.165) is 25.7 Å². The highest BCUT2D eigenvalue weighted by atomic mass is 16.2. The maximum atomic E-state index is 11.7. The number of nitrogens with one attached hydrogen (secondary N) is 2. The van der Waals surface area contributed by atoms with Crippen LogP contribution in [0.1, 0.15) is 45.4 Å². The Morgan fingerprint density at radius 1 is 1.33 bits per heavy atom. The van der Waals surface area contributed by atoms with Crippen LogP contribution in [0, 0.1) is 5.41 Å². The van der Waals surface area contributed by atoms with Gasteiger partial charge in [-0.1, -0.05) is 25.7 Å². The average molecular weight is 209 g/mol. The SMILES string of the molecule is CCN1C(=O)NC(=N)C12CCCCCC2. The molecule has 2 amide bonds. The van der Waals surface area contributed by atoms with E-state index in [1.165, 1.54) is 12.8 Å². The number of amides is 2. The van der Waals surface area contributed by atoms with Crippen LogP contribution in [0.15, 0.2) is 0 Å². The Morgan fingerprint density at radius 3 is 2.47 bits per heavy atom. The number of nitrogens with zero attached hydrogens (tertiary/aromatic N) is 1. The molecule has 84 valence electrons. The largest absolute Gasteiger partial charge is 0.323 e. The molecule has 0 unspecified atom stereocenters. The lowest BCUT2D eigenvalue weighted by atomic mass is 9.88. The summed E-state index contributed by atoms with van der Waals surface area (Å²) in [6, 6.07) is -0.0793. The highest BCUT2D eigenvalue weighted by molar-refractivity contribution is 6.08. The van der Waals surface area contributed by atoms with Crippen LogP contribution in [0.4, 0.5) is 4.79 Å². The normalized spacial score (nSPS) is 25.5. The number of likely N-dealkylation sites (N-methyl/N-ethyl adjacent to an activating group) is 1. The van der Waals surface area contributed by atoms with Crippen molar-refractivity contribution in [3.63, 3.8) is 0 Å². The molecule has 0 atom stereocenters. The van der Waals surface area contributed by atoms with Gasteiger partial charge in [-0.15, -0.1) is 0 Å². The lowest BCUT2D eigenvalue weighted by molar-refractivity contribution is 0.167. The number of hydrogen-bond acceptors (Lipinski definition) is 2. The summed E-state index contributed by atoms with van der Waals surface area (Å²) in [5, 5.41) is 10.7. The van der Waals surface area contributed by atoms with Crippen LogP contribution in [0.3, 0.4) is 0 Å². The summed E-state index contributed by atoms with van der Waals surface area (Å²) in [5.41, 5.74) is -0.289. The molecule has 2 rings (SSSR count). The van der Waals surface area contributed by atoms with Gasteiger partial charge in [0.25, 0.3) is 0 Å². The molecule has 1 aliphatic heterocycles. The minimum absolute atomic E-state index is 0.0793. The van der Waals surface area contributed by atoms with Crippen molar-refractivity contribution in [2.45, 2.75) is 51.0 Å². The summed E-state index contributed by atoms with van der Waals surface area (Å²) in [6.45, 7) is 2.69. The van der Waals surface area contributed by atoms with Crippen molar-refractivity contribution in [3.05, 3.63) is 0 Å². The molecule has 2 N–H and O–H groups in total. The Labute approximate surface area is 90.5 Å². The molecule has 0 bridgehead atoms. The van der Waals surface area contributed by atoms with Gasteiger partial charge in [0.15, 0.2) is 0 Å². The molecule has 1 spiro atoms. The van der Waals surface area contributed by atoms with Crippen molar-refractivity contribution in [2.75, 3.05) is 6.54 Å². The van der Waals surface area contributed by atoms with Gasteiger partial charge >= 0.3 is 6.03 Å². The second kappa shape index (κ2) is 3.83. The van der Waals surface area contributed by atoms with Gasteiger partial charge in [-0.05, 0) is 19.8 Å². The van der Waals surface area contributed by atoms with Gasteiger partial charge in [-0.2, -0.15) is 0 Å². The van der Waals surface area contributed by atoms with Gasteiger partial charge in [0, 0.05) is 6.54 Å². The summed E-state index contributed by atoms with van der Waals surface area (Å²) in [6.07, 6.45) is 6.65. The number of urea groups is 1. The first-order chi connectivity index (χ1) is 7.20. The van der Waals surface area contributed by atoms with E-state index >= 15 is 0 Å². The quantitative estimate of drug-likeness (QED) is 0.682. The van der Waals surface area contributed by atoms with Gasteiger partial charge in [0.05, 0.1) is 0 Å². The predicted molar refractivity (Wildman–Crippen MR) is 59.1 cm³/mol. The molecule has 15 heavy (non-hydrogen) atoms. The molecular formula is C11H19N3O. The van der Waals surface area contributed by atoms with Gasteiger partial charge in [0.2, 0.25) is 0 Å². The summed E-state index contributed by atoms with van der Waals surface area (Å²) in [4.78, 5) is 13.5. The Morgan fingerprint density at radius 2 is 1.93 bits per heavy atom. The van der Waals surface area contributed by atoms with Crippen molar-refractivity contribution >= 4 is 11.9 Å². The van der Waals surface area contributed by atoms with Crippen LogP contribution in [0.5, 0.6) is 0 Å². The van der Waals surface area contributed by atoms with Gasteiger partial charge < -0.3 is 4.90 Å². The topological polar surface area (TPSA) is 56.2 Å². The van der Waals surface area contributed by atoms with Crippen LogP contribution in [-0.4, -0.2) is 28.9 Å². The van der Waals surface area contributed by atoms with E-state index < -0.39 is 0 Å². The first-order valence-corrected chi connectivity index (χ1v) is 5.88. The second-order valence-corrected chi connectivity index (χ2v) is 4.50. The van der Waals surface area contributed by atoms with Gasteiger partial charge in [0.1, 0.15) is 11.4 Å². The molecule has 0 radical (unpaired) electrons. The minimum atomic E-state index is -0.289. The molecule has 1 heterocycles. The van der Waals surface area contributed by atoms with Crippen LogP contribution >= 0.6 is 0 Å². The summed E-state index contributed by atoms with van der Waals surface area (Å²) >= 11 is 0. The van der Waals surface area contributed by atoms with Crippen molar-refractivity contribution in [2.24, 2.45) is 0 Å². The van der Waals surface area contributed by atoms with Gasteiger partial charge in [-0.25, -0.2) is 4.79 Å². The Bertz CT molecular complexity index is 280. The molecule has 1 aliphatic carbocycles. The fraction of sp³-hybridized carbons (Fsp3) is 0.818. The highest BCUT2D eigenvalue weighted by Crippen LogP contribution is 2.35. The maximum absolute atomic E-state index is 11.7. The molecule has 1 saturated heterocycles. The van der Waals surface area contributed by atoms with Crippen LogP contribution in [0.25, 0.3) is 0 Å². The lowest BCUT2D eigenvalue weighted by Gasteiger charge is -2.35. The third kappa shape index (κ3) is 1.52. The third-order valence-corrected chi connectivity index (χ3v) is 3.71. The summed E-state index contributed by atoms with van der Waals surface area (Å²) in [5.74, 6) is 0.427. The van der Waals surface area contributed by atoms with E-state index in [9.17, 15) is 4.79 Å². The maximum Gasteiger partial charge on any atom is 0.323 e. The molecule has 0 aromatic heterocycles. The second-order valence-electron chi connectivity index (χ2n) is 4.50. The van der Waals surface area contributed by atoms with Crippen LogP contribution < -0.4 is 5.32 Å². The zero-order chi connectivity index (χ0) is 10.9. The number of rotatable bonds is 1. The van der Waals surface area contributed by atoms with Crippen molar-refractivity contribution in [3.8, 4) is 0 Å². The third-order valence-electron chi connectivity index (χ3n) is 3.71. The highest BCUT2D eigenvalue weighted by Gasteiger charge is 2.48.